The lowest BCUT2D eigenvalue weighted by Gasteiger charge is -2.09. The van der Waals surface area contributed by atoms with Crippen LogP contribution in [0.25, 0.3) is 11.1 Å². The van der Waals surface area contributed by atoms with Crippen LogP contribution in [-0.4, -0.2) is 22.3 Å². The van der Waals surface area contributed by atoms with E-state index in [-0.39, 0.29) is 11.4 Å². The van der Waals surface area contributed by atoms with Gasteiger partial charge in [-0.2, -0.15) is 0 Å². The van der Waals surface area contributed by atoms with Crippen molar-refractivity contribution in [1.29, 1.82) is 0 Å². The van der Waals surface area contributed by atoms with Crippen LogP contribution in [0.15, 0.2) is 64.5 Å². The Morgan fingerprint density at radius 2 is 1.84 bits per heavy atom. The maximum Gasteiger partial charge on any atom is 0.261 e. The molecule has 0 fully saturated rings. The van der Waals surface area contributed by atoms with Gasteiger partial charge in [0.2, 0.25) is 0 Å². The molecule has 0 amide bonds. The average Bonchev–Trinajstić information content (AvgIpc) is 2.60. The van der Waals surface area contributed by atoms with Gasteiger partial charge in [-0.3, -0.25) is 4.79 Å². The maximum absolute atomic E-state index is 12.3. The van der Waals surface area contributed by atoms with E-state index in [1.807, 2.05) is 61.5 Å². The van der Waals surface area contributed by atoms with E-state index in [1.165, 1.54) is 11.8 Å². The number of H-pyrrole nitrogens is 1. The fourth-order valence-corrected chi connectivity index (χ4v) is 3.12. The van der Waals surface area contributed by atoms with Gasteiger partial charge in [-0.15, -0.1) is 0 Å². The van der Waals surface area contributed by atoms with Gasteiger partial charge in [0.1, 0.15) is 11.6 Å². The first kappa shape index (κ1) is 17.1. The number of rotatable bonds is 6. The van der Waals surface area contributed by atoms with Crippen molar-refractivity contribution in [2.45, 2.75) is 12.1 Å². The monoisotopic (exact) mass is 353 g/mol. The number of anilines is 1. The number of aromatic amines is 1. The van der Waals surface area contributed by atoms with Crippen LogP contribution in [0.1, 0.15) is 5.56 Å². The van der Waals surface area contributed by atoms with E-state index in [1.54, 1.807) is 0 Å². The average molecular weight is 353 g/mol. The SMILES string of the molecule is Cc1ccccc1OCCSc1nc(N)c(-c2ccccc2)c(=O)[nH]1. The number of hydrogen-bond acceptors (Lipinski definition) is 5. The molecule has 0 bridgehead atoms. The highest BCUT2D eigenvalue weighted by molar-refractivity contribution is 7.99. The van der Waals surface area contributed by atoms with Crippen LogP contribution in [0.4, 0.5) is 5.82 Å². The fraction of sp³-hybridized carbons (Fsp3) is 0.158. The summed E-state index contributed by atoms with van der Waals surface area (Å²) in [6, 6.07) is 17.1. The molecule has 1 heterocycles. The molecule has 6 heteroatoms. The van der Waals surface area contributed by atoms with Crippen molar-refractivity contribution in [2.24, 2.45) is 0 Å². The molecule has 0 radical (unpaired) electrons. The summed E-state index contributed by atoms with van der Waals surface area (Å²) >= 11 is 1.41. The van der Waals surface area contributed by atoms with Crippen molar-refractivity contribution >= 4 is 17.6 Å². The number of nitrogens with two attached hydrogens (primary N) is 1. The Balaban J connectivity index is 1.64. The Morgan fingerprint density at radius 1 is 1.12 bits per heavy atom. The summed E-state index contributed by atoms with van der Waals surface area (Å²) in [7, 11) is 0. The lowest BCUT2D eigenvalue weighted by Crippen LogP contribution is -2.15. The lowest BCUT2D eigenvalue weighted by atomic mass is 10.1. The van der Waals surface area contributed by atoms with Gasteiger partial charge < -0.3 is 15.5 Å². The topological polar surface area (TPSA) is 81.0 Å². The minimum absolute atomic E-state index is 0.234. The molecular weight excluding hydrogens is 334 g/mol. The van der Waals surface area contributed by atoms with Crippen LogP contribution < -0.4 is 16.0 Å². The molecule has 2 aromatic carbocycles. The van der Waals surface area contributed by atoms with Gasteiger partial charge in [-0.25, -0.2) is 4.98 Å². The highest BCUT2D eigenvalue weighted by atomic mass is 32.2. The second kappa shape index (κ2) is 7.90. The number of thioether (sulfide) groups is 1. The van der Waals surface area contributed by atoms with Crippen molar-refractivity contribution in [3.05, 3.63) is 70.5 Å². The van der Waals surface area contributed by atoms with Crippen molar-refractivity contribution in [1.82, 2.24) is 9.97 Å². The smallest absolute Gasteiger partial charge is 0.261 e. The fourth-order valence-electron chi connectivity index (χ4n) is 2.43. The number of ether oxygens (including phenoxy) is 1. The van der Waals surface area contributed by atoms with E-state index in [0.717, 1.165) is 16.9 Å². The molecule has 3 aromatic rings. The number of nitrogens with zero attached hydrogens (tertiary/aromatic N) is 1. The normalized spacial score (nSPS) is 10.6. The first-order valence-corrected chi connectivity index (χ1v) is 8.90. The molecule has 0 atom stereocenters. The summed E-state index contributed by atoms with van der Waals surface area (Å²) < 4.78 is 5.74. The number of para-hydroxylation sites is 1. The summed E-state index contributed by atoms with van der Waals surface area (Å²) in [5.41, 5.74) is 8.01. The first-order chi connectivity index (χ1) is 12.1. The summed E-state index contributed by atoms with van der Waals surface area (Å²) in [6.45, 7) is 2.52. The van der Waals surface area contributed by atoms with Gasteiger partial charge in [0, 0.05) is 5.75 Å². The zero-order valence-corrected chi connectivity index (χ0v) is 14.7. The standard InChI is InChI=1S/C19H19N3O2S/c1-13-7-5-6-10-15(13)24-11-12-25-19-21-17(20)16(18(23)22-19)14-8-3-2-4-9-14/h2-10H,11-12H2,1H3,(H3,20,21,22,23). The van der Waals surface area contributed by atoms with Crippen molar-refractivity contribution in [3.63, 3.8) is 0 Å². The number of aryl methyl sites for hydroxylation is 1. The Morgan fingerprint density at radius 3 is 2.56 bits per heavy atom. The Bertz CT molecular complexity index is 910. The zero-order chi connectivity index (χ0) is 17.6. The highest BCUT2D eigenvalue weighted by Gasteiger charge is 2.11. The number of nitrogen functional groups attached to an aromatic ring is 1. The number of benzene rings is 2. The Kier molecular flexibility index (Phi) is 5.40. The molecule has 3 rings (SSSR count). The van der Waals surface area contributed by atoms with Gasteiger partial charge >= 0.3 is 0 Å². The minimum Gasteiger partial charge on any atom is -0.492 e. The van der Waals surface area contributed by atoms with E-state index >= 15 is 0 Å². The summed E-state index contributed by atoms with van der Waals surface area (Å²) in [6.07, 6.45) is 0. The van der Waals surface area contributed by atoms with Crippen LogP contribution in [0.3, 0.4) is 0 Å². The third-order valence-electron chi connectivity index (χ3n) is 3.66. The summed E-state index contributed by atoms with van der Waals surface area (Å²) in [5.74, 6) is 1.75. The van der Waals surface area contributed by atoms with Gasteiger partial charge in [-0.1, -0.05) is 60.3 Å². The van der Waals surface area contributed by atoms with Gasteiger partial charge in [-0.05, 0) is 24.1 Å². The molecule has 25 heavy (non-hydrogen) atoms. The molecule has 0 saturated heterocycles. The molecule has 0 spiro atoms. The molecule has 0 saturated carbocycles. The van der Waals surface area contributed by atoms with Crippen molar-refractivity contribution < 1.29 is 4.74 Å². The van der Waals surface area contributed by atoms with Gasteiger partial charge in [0.25, 0.3) is 5.56 Å². The van der Waals surface area contributed by atoms with Crippen molar-refractivity contribution in [2.75, 3.05) is 18.1 Å². The van der Waals surface area contributed by atoms with E-state index in [9.17, 15) is 4.79 Å². The molecule has 0 unspecified atom stereocenters. The summed E-state index contributed by atoms with van der Waals surface area (Å²) in [4.78, 5) is 19.4. The van der Waals surface area contributed by atoms with E-state index < -0.39 is 0 Å². The third-order valence-corrected chi connectivity index (χ3v) is 4.50. The van der Waals surface area contributed by atoms with Crippen LogP contribution in [-0.2, 0) is 0 Å². The van der Waals surface area contributed by atoms with Crippen molar-refractivity contribution in [3.8, 4) is 16.9 Å². The summed E-state index contributed by atoms with van der Waals surface area (Å²) in [5, 5.41) is 0.496. The minimum atomic E-state index is -0.235. The molecule has 5 nitrogen and oxygen atoms in total. The molecule has 128 valence electrons. The second-order valence-electron chi connectivity index (χ2n) is 5.46. The van der Waals surface area contributed by atoms with Crippen LogP contribution in [0.5, 0.6) is 5.75 Å². The van der Waals surface area contributed by atoms with Crippen LogP contribution in [0, 0.1) is 6.92 Å². The van der Waals surface area contributed by atoms with Crippen LogP contribution >= 0.6 is 11.8 Å². The highest BCUT2D eigenvalue weighted by Crippen LogP contribution is 2.22. The van der Waals surface area contributed by atoms with Crippen LogP contribution in [0.2, 0.25) is 0 Å². The molecule has 0 aliphatic carbocycles. The molecule has 3 N–H and O–H groups in total. The predicted octanol–water partition coefficient (Wildman–Crippen LogP) is 3.50. The van der Waals surface area contributed by atoms with Gasteiger partial charge in [0.05, 0.1) is 12.2 Å². The largest absolute Gasteiger partial charge is 0.492 e. The molecule has 1 aromatic heterocycles. The quantitative estimate of drug-likeness (QED) is 0.403. The Labute approximate surface area is 150 Å². The number of nitrogens with one attached hydrogen (secondary N) is 1. The lowest BCUT2D eigenvalue weighted by molar-refractivity contribution is 0.341. The zero-order valence-electron chi connectivity index (χ0n) is 13.9. The second-order valence-corrected chi connectivity index (χ2v) is 6.54. The number of hydrogen-bond donors (Lipinski definition) is 2. The third kappa shape index (κ3) is 4.22. The van der Waals surface area contributed by atoms with E-state index in [4.69, 9.17) is 10.5 Å². The van der Waals surface area contributed by atoms with Gasteiger partial charge in [0.15, 0.2) is 5.16 Å². The maximum atomic E-state index is 12.3. The Hall–Kier alpha value is -2.73. The van der Waals surface area contributed by atoms with E-state index in [2.05, 4.69) is 9.97 Å². The predicted molar refractivity (Wildman–Crippen MR) is 102 cm³/mol. The molecule has 0 aliphatic heterocycles. The first-order valence-electron chi connectivity index (χ1n) is 7.91. The molecule has 0 aliphatic rings. The molecular formula is C19H19N3O2S. The number of aromatic nitrogens is 2. The van der Waals surface area contributed by atoms with E-state index in [0.29, 0.717) is 23.1 Å².